The van der Waals surface area contributed by atoms with Gasteiger partial charge in [-0.1, -0.05) is 37.5 Å². The number of para-hydroxylation sites is 1. The fraction of sp³-hybridized carbons (Fsp3) is 0.556. The van der Waals surface area contributed by atoms with Crippen LogP contribution in [-0.4, -0.2) is 23.5 Å². The molecule has 2 rings (SSSR count). The lowest BCUT2D eigenvalue weighted by Gasteiger charge is -2.20. The molecule has 3 N–H and O–H groups in total. The Morgan fingerprint density at radius 1 is 1.17 bits per heavy atom. The van der Waals surface area contributed by atoms with E-state index < -0.39 is 6.10 Å². The van der Waals surface area contributed by atoms with E-state index >= 15 is 0 Å². The van der Waals surface area contributed by atoms with Crippen LogP contribution in [0.25, 0.3) is 0 Å². The van der Waals surface area contributed by atoms with Crippen LogP contribution in [0, 0.1) is 5.92 Å². The van der Waals surface area contributed by atoms with Gasteiger partial charge in [0.2, 0.25) is 11.8 Å². The number of aliphatic hydroxyl groups is 1. The third-order valence-corrected chi connectivity index (χ3v) is 4.33. The van der Waals surface area contributed by atoms with E-state index in [9.17, 15) is 14.7 Å². The quantitative estimate of drug-likeness (QED) is 0.754. The van der Waals surface area contributed by atoms with E-state index in [1.807, 2.05) is 6.07 Å². The van der Waals surface area contributed by atoms with Crippen molar-refractivity contribution >= 4 is 17.5 Å². The van der Waals surface area contributed by atoms with Crippen LogP contribution in [0.15, 0.2) is 24.3 Å². The van der Waals surface area contributed by atoms with Crippen molar-refractivity contribution in [1.29, 1.82) is 0 Å². The second-order valence-electron chi connectivity index (χ2n) is 6.30. The molecule has 23 heavy (non-hydrogen) atoms. The molecule has 0 aromatic heterocycles. The second-order valence-corrected chi connectivity index (χ2v) is 6.30. The topological polar surface area (TPSA) is 78.4 Å². The Labute approximate surface area is 137 Å². The Morgan fingerprint density at radius 3 is 2.57 bits per heavy atom. The highest BCUT2D eigenvalue weighted by molar-refractivity contribution is 5.95. The molecule has 0 bridgehead atoms. The number of carbonyl (C=O) groups is 2. The summed E-state index contributed by atoms with van der Waals surface area (Å²) in [6, 6.07) is 7.11. The first-order valence-electron chi connectivity index (χ1n) is 8.40. The maximum Gasteiger partial charge on any atom is 0.243 e. The molecule has 0 aliphatic heterocycles. The van der Waals surface area contributed by atoms with Gasteiger partial charge in [0.25, 0.3) is 0 Å². The van der Waals surface area contributed by atoms with Gasteiger partial charge in [-0.05, 0) is 31.7 Å². The van der Waals surface area contributed by atoms with Crippen LogP contribution < -0.4 is 10.6 Å². The summed E-state index contributed by atoms with van der Waals surface area (Å²) in [5.41, 5.74) is 1.24. The number of rotatable bonds is 6. The summed E-state index contributed by atoms with van der Waals surface area (Å²) in [5, 5.41) is 15.1. The van der Waals surface area contributed by atoms with Crippen LogP contribution >= 0.6 is 0 Å². The van der Waals surface area contributed by atoms with Gasteiger partial charge >= 0.3 is 0 Å². The van der Waals surface area contributed by atoms with Crippen molar-refractivity contribution in [3.05, 3.63) is 29.8 Å². The zero-order valence-corrected chi connectivity index (χ0v) is 13.7. The van der Waals surface area contributed by atoms with Gasteiger partial charge in [-0.3, -0.25) is 9.59 Å². The Kier molecular flexibility index (Phi) is 6.59. The smallest absolute Gasteiger partial charge is 0.243 e. The molecule has 1 atom stereocenters. The van der Waals surface area contributed by atoms with Gasteiger partial charge in [-0.15, -0.1) is 0 Å². The van der Waals surface area contributed by atoms with Crippen LogP contribution in [0.5, 0.6) is 0 Å². The lowest BCUT2D eigenvalue weighted by Crippen LogP contribution is -2.34. The Balaban J connectivity index is 1.77. The van der Waals surface area contributed by atoms with Crippen LogP contribution in [-0.2, 0) is 9.59 Å². The lowest BCUT2D eigenvalue weighted by molar-refractivity contribution is -0.125. The first-order valence-corrected chi connectivity index (χ1v) is 8.40. The van der Waals surface area contributed by atoms with Crippen LogP contribution in [0.3, 0.4) is 0 Å². The molecule has 1 aromatic rings. The second kappa shape index (κ2) is 8.67. The van der Waals surface area contributed by atoms with Gasteiger partial charge in [0.15, 0.2) is 0 Å². The molecule has 1 aromatic carbocycles. The monoisotopic (exact) mass is 318 g/mol. The third-order valence-electron chi connectivity index (χ3n) is 4.33. The van der Waals surface area contributed by atoms with E-state index in [1.54, 1.807) is 25.1 Å². The van der Waals surface area contributed by atoms with E-state index in [-0.39, 0.29) is 18.4 Å². The molecule has 2 amide bonds. The Morgan fingerprint density at radius 2 is 1.87 bits per heavy atom. The maximum atomic E-state index is 12.0. The molecule has 0 spiro atoms. The predicted octanol–water partition coefficient (Wildman–Crippen LogP) is 2.77. The molecule has 5 nitrogen and oxygen atoms in total. The van der Waals surface area contributed by atoms with Gasteiger partial charge in [-0.2, -0.15) is 0 Å². The van der Waals surface area contributed by atoms with Crippen LogP contribution in [0.4, 0.5) is 5.69 Å². The molecule has 1 fully saturated rings. The molecule has 1 aliphatic rings. The Bertz CT molecular complexity index is 537. The first kappa shape index (κ1) is 17.5. The number of hydrogen-bond acceptors (Lipinski definition) is 3. The van der Waals surface area contributed by atoms with E-state index in [4.69, 9.17) is 0 Å². The predicted molar refractivity (Wildman–Crippen MR) is 89.9 cm³/mol. The van der Waals surface area contributed by atoms with E-state index in [2.05, 4.69) is 10.6 Å². The fourth-order valence-corrected chi connectivity index (χ4v) is 3.07. The Hall–Kier alpha value is -1.88. The first-order chi connectivity index (χ1) is 11.1. The highest BCUT2D eigenvalue weighted by Crippen LogP contribution is 2.26. The van der Waals surface area contributed by atoms with Crippen molar-refractivity contribution in [2.45, 2.75) is 51.6 Å². The van der Waals surface area contributed by atoms with Gasteiger partial charge in [-0.25, -0.2) is 0 Å². The summed E-state index contributed by atoms with van der Waals surface area (Å²) in [7, 11) is 0. The van der Waals surface area contributed by atoms with Gasteiger partial charge in [0.1, 0.15) is 0 Å². The molecule has 0 saturated heterocycles. The maximum absolute atomic E-state index is 12.0. The van der Waals surface area contributed by atoms with Gasteiger partial charge < -0.3 is 15.7 Å². The highest BCUT2D eigenvalue weighted by atomic mass is 16.3. The van der Waals surface area contributed by atoms with Crippen molar-refractivity contribution in [1.82, 2.24) is 5.32 Å². The van der Waals surface area contributed by atoms with E-state index in [1.165, 1.54) is 19.3 Å². The molecular formula is C18H26N2O3. The average Bonchev–Trinajstić information content (AvgIpc) is 2.54. The summed E-state index contributed by atoms with van der Waals surface area (Å²) < 4.78 is 0. The summed E-state index contributed by atoms with van der Waals surface area (Å²) in [4.78, 5) is 23.9. The van der Waals surface area contributed by atoms with Crippen LogP contribution in [0.1, 0.15) is 57.1 Å². The van der Waals surface area contributed by atoms with Crippen molar-refractivity contribution in [2.75, 3.05) is 11.9 Å². The SMILES string of the molecule is CC(O)c1ccccc1NC(=O)CNC(=O)CC1CCCCC1. The van der Waals surface area contributed by atoms with E-state index in [0.717, 1.165) is 12.8 Å². The van der Waals surface area contributed by atoms with E-state index in [0.29, 0.717) is 23.6 Å². The van der Waals surface area contributed by atoms with Crippen LogP contribution in [0.2, 0.25) is 0 Å². The number of amides is 2. The van der Waals surface area contributed by atoms with Gasteiger partial charge in [0.05, 0.1) is 12.6 Å². The zero-order valence-electron chi connectivity index (χ0n) is 13.7. The summed E-state index contributed by atoms with van der Waals surface area (Å²) >= 11 is 0. The summed E-state index contributed by atoms with van der Waals surface area (Å²) in [6.07, 6.45) is 5.75. The molecule has 126 valence electrons. The van der Waals surface area contributed by atoms with Crippen molar-refractivity contribution in [3.63, 3.8) is 0 Å². The molecule has 0 radical (unpaired) electrons. The molecule has 1 saturated carbocycles. The minimum atomic E-state index is -0.660. The lowest BCUT2D eigenvalue weighted by atomic mass is 9.87. The van der Waals surface area contributed by atoms with Crippen molar-refractivity contribution in [2.24, 2.45) is 5.92 Å². The molecular weight excluding hydrogens is 292 g/mol. The number of carbonyl (C=O) groups excluding carboxylic acids is 2. The number of benzene rings is 1. The number of aliphatic hydroxyl groups excluding tert-OH is 1. The average molecular weight is 318 g/mol. The number of nitrogens with one attached hydrogen (secondary N) is 2. The van der Waals surface area contributed by atoms with Gasteiger partial charge in [0, 0.05) is 17.7 Å². The largest absolute Gasteiger partial charge is 0.389 e. The highest BCUT2D eigenvalue weighted by Gasteiger charge is 2.17. The third kappa shape index (κ3) is 5.67. The zero-order chi connectivity index (χ0) is 16.7. The standard InChI is InChI=1S/C18H26N2O3/c1-13(21)15-9-5-6-10-16(15)20-18(23)12-19-17(22)11-14-7-3-2-4-8-14/h5-6,9-10,13-14,21H,2-4,7-8,11-12H2,1H3,(H,19,22)(H,20,23). The minimum Gasteiger partial charge on any atom is -0.389 e. The van der Waals surface area contributed by atoms with Crippen molar-refractivity contribution < 1.29 is 14.7 Å². The summed E-state index contributed by atoms with van der Waals surface area (Å²) in [6.45, 7) is 1.61. The van der Waals surface area contributed by atoms with Crippen molar-refractivity contribution in [3.8, 4) is 0 Å². The molecule has 0 heterocycles. The molecule has 5 heteroatoms. The molecule has 1 aliphatic carbocycles. The fourth-order valence-electron chi connectivity index (χ4n) is 3.07. The number of anilines is 1. The number of hydrogen-bond donors (Lipinski definition) is 3. The summed E-state index contributed by atoms with van der Waals surface area (Å²) in [5.74, 6) is 0.119. The minimum absolute atomic E-state index is 0.0420. The molecule has 1 unspecified atom stereocenters. The normalized spacial score (nSPS) is 16.6.